The molecule has 0 N–H and O–H groups in total. The van der Waals surface area contributed by atoms with Crippen molar-refractivity contribution in [2.24, 2.45) is 5.16 Å². The average Bonchev–Trinajstić information content (AvgIpc) is 2.71. The average molecular weight is 422 g/mol. The maximum Gasteiger partial charge on any atom is 0.142 e. The minimum absolute atomic E-state index is 0.454. The van der Waals surface area contributed by atoms with Gasteiger partial charge in [-0.3, -0.25) is 0 Å². The van der Waals surface area contributed by atoms with E-state index in [9.17, 15) is 0 Å². The van der Waals surface area contributed by atoms with Gasteiger partial charge in [0.05, 0.1) is 0 Å². The van der Waals surface area contributed by atoms with Gasteiger partial charge in [-0.05, 0) is 55.5 Å². The number of hydrogen-bond acceptors (Lipinski definition) is 2. The van der Waals surface area contributed by atoms with Crippen LogP contribution in [-0.2, 0) is 11.4 Å². The van der Waals surface area contributed by atoms with Crippen molar-refractivity contribution in [3.63, 3.8) is 0 Å². The van der Waals surface area contributed by atoms with Crippen molar-refractivity contribution in [3.8, 4) is 0 Å². The summed E-state index contributed by atoms with van der Waals surface area (Å²) < 4.78 is 1.18. The molecule has 0 fully saturated rings. The summed E-state index contributed by atoms with van der Waals surface area (Å²) in [4.78, 5) is 5.87. The largest absolute Gasteiger partial charge is 0.390 e. The lowest BCUT2D eigenvalue weighted by molar-refractivity contribution is 0.130. The Bertz CT molecular complexity index is 892. The summed E-state index contributed by atoms with van der Waals surface area (Å²) in [5, 5.41) is 4.53. The topological polar surface area (TPSA) is 21.6 Å². The fourth-order valence-electron chi connectivity index (χ4n) is 3.19. The van der Waals surface area contributed by atoms with Gasteiger partial charge < -0.3 is 4.84 Å². The molecule has 0 atom stereocenters. The Morgan fingerprint density at radius 3 is 1.63 bits per heavy atom. The number of nitrogens with zero attached hydrogens (tertiary/aromatic N) is 1. The van der Waals surface area contributed by atoms with Crippen LogP contribution in [0, 0.1) is 27.7 Å². The van der Waals surface area contributed by atoms with Crippen molar-refractivity contribution in [2.75, 3.05) is 0 Å². The van der Waals surface area contributed by atoms with E-state index in [1.54, 1.807) is 0 Å². The summed E-state index contributed by atoms with van der Waals surface area (Å²) in [6.07, 6.45) is 0. The Kier molecular flexibility index (Phi) is 6.12. The van der Waals surface area contributed by atoms with Crippen LogP contribution < -0.4 is 0 Å². The summed E-state index contributed by atoms with van der Waals surface area (Å²) in [7, 11) is 0. The van der Waals surface area contributed by atoms with E-state index in [2.05, 4.69) is 73.0 Å². The van der Waals surface area contributed by atoms with E-state index in [0.717, 1.165) is 16.8 Å². The lowest BCUT2D eigenvalue weighted by atomic mass is 9.95. The van der Waals surface area contributed by atoms with Gasteiger partial charge in [0.1, 0.15) is 12.3 Å². The molecule has 0 aliphatic rings. The van der Waals surface area contributed by atoms with E-state index in [-0.39, 0.29) is 0 Å². The molecule has 0 bridgehead atoms. The molecule has 0 radical (unpaired) electrons. The SMILES string of the molecule is Cc1c(C)c(CON=C(c2ccccc2)c2ccccc2)c(C)c(C)c1Br. The summed E-state index contributed by atoms with van der Waals surface area (Å²) in [5.41, 5.74) is 9.15. The van der Waals surface area contributed by atoms with E-state index < -0.39 is 0 Å². The molecule has 0 amide bonds. The molecule has 0 unspecified atom stereocenters. The van der Waals surface area contributed by atoms with Crippen molar-refractivity contribution < 1.29 is 4.84 Å². The third kappa shape index (κ3) is 4.14. The van der Waals surface area contributed by atoms with Crippen LogP contribution in [0.3, 0.4) is 0 Å². The third-order valence-corrected chi connectivity index (χ3v) is 6.34. The van der Waals surface area contributed by atoms with Crippen LogP contribution >= 0.6 is 15.9 Å². The molecular weight excluding hydrogens is 398 g/mol. The summed E-state index contributed by atoms with van der Waals surface area (Å²) >= 11 is 3.70. The predicted molar refractivity (Wildman–Crippen MR) is 116 cm³/mol. The zero-order valence-corrected chi connectivity index (χ0v) is 17.8. The van der Waals surface area contributed by atoms with E-state index in [0.29, 0.717) is 6.61 Å². The van der Waals surface area contributed by atoms with E-state index in [1.165, 1.54) is 32.3 Å². The molecule has 0 aliphatic heterocycles. The number of benzene rings is 3. The highest BCUT2D eigenvalue weighted by Gasteiger charge is 2.14. The summed E-state index contributed by atoms with van der Waals surface area (Å²) in [6.45, 7) is 9.01. The van der Waals surface area contributed by atoms with Crippen molar-refractivity contribution in [1.29, 1.82) is 0 Å². The van der Waals surface area contributed by atoms with Crippen molar-refractivity contribution >= 4 is 21.6 Å². The first-order valence-electron chi connectivity index (χ1n) is 9.06. The van der Waals surface area contributed by atoms with Gasteiger partial charge in [0.15, 0.2) is 0 Å². The zero-order chi connectivity index (χ0) is 19.4. The van der Waals surface area contributed by atoms with Gasteiger partial charge in [-0.2, -0.15) is 0 Å². The molecule has 0 spiro atoms. The number of halogens is 1. The molecule has 3 aromatic carbocycles. The Hall–Kier alpha value is -2.39. The maximum absolute atomic E-state index is 5.87. The molecule has 0 heterocycles. The van der Waals surface area contributed by atoms with Gasteiger partial charge in [-0.15, -0.1) is 0 Å². The molecule has 0 saturated heterocycles. The fourth-order valence-corrected chi connectivity index (χ4v) is 3.78. The lowest BCUT2D eigenvalue weighted by Gasteiger charge is -2.17. The quantitative estimate of drug-likeness (QED) is 0.333. The van der Waals surface area contributed by atoms with Crippen LogP contribution in [0.25, 0.3) is 0 Å². The second-order valence-corrected chi connectivity index (χ2v) is 7.53. The predicted octanol–water partition coefficient (Wildman–Crippen LogP) is 6.65. The van der Waals surface area contributed by atoms with Gasteiger partial charge in [-0.25, -0.2) is 0 Å². The smallest absolute Gasteiger partial charge is 0.142 e. The van der Waals surface area contributed by atoms with Gasteiger partial charge in [0.2, 0.25) is 0 Å². The first-order chi connectivity index (χ1) is 13.0. The molecule has 0 aromatic heterocycles. The Morgan fingerprint density at radius 2 is 1.19 bits per heavy atom. The molecular formula is C24H24BrNO. The van der Waals surface area contributed by atoms with E-state index >= 15 is 0 Å². The highest BCUT2D eigenvalue weighted by atomic mass is 79.9. The molecule has 2 nitrogen and oxygen atoms in total. The van der Waals surface area contributed by atoms with Crippen LogP contribution in [0.2, 0.25) is 0 Å². The number of hydrogen-bond donors (Lipinski definition) is 0. The number of rotatable bonds is 5. The van der Waals surface area contributed by atoms with Crippen LogP contribution in [0.15, 0.2) is 70.3 Å². The summed E-state index contributed by atoms with van der Waals surface area (Å²) in [5.74, 6) is 0. The summed E-state index contributed by atoms with van der Waals surface area (Å²) in [6, 6.07) is 20.3. The highest BCUT2D eigenvalue weighted by molar-refractivity contribution is 9.10. The monoisotopic (exact) mass is 421 g/mol. The molecule has 3 rings (SSSR count). The van der Waals surface area contributed by atoms with Gasteiger partial charge in [-0.1, -0.05) is 81.7 Å². The van der Waals surface area contributed by atoms with E-state index in [1.807, 2.05) is 36.4 Å². The first-order valence-corrected chi connectivity index (χ1v) is 9.85. The van der Waals surface area contributed by atoms with Crippen molar-refractivity contribution in [2.45, 2.75) is 34.3 Å². The standard InChI is InChI=1S/C24H24BrNO/c1-16-18(3)23(25)19(4)17(2)22(16)15-27-26-24(20-11-7-5-8-12-20)21-13-9-6-10-14-21/h5-14H,15H2,1-4H3. The van der Waals surface area contributed by atoms with Crippen LogP contribution in [0.4, 0.5) is 0 Å². The maximum atomic E-state index is 5.87. The molecule has 3 aromatic rings. The van der Waals surface area contributed by atoms with Crippen LogP contribution in [0.1, 0.15) is 38.9 Å². The van der Waals surface area contributed by atoms with Crippen molar-refractivity contribution in [3.05, 3.63) is 104 Å². The Labute approximate surface area is 170 Å². The van der Waals surface area contributed by atoms with E-state index in [4.69, 9.17) is 4.84 Å². The molecule has 3 heteroatoms. The minimum Gasteiger partial charge on any atom is -0.390 e. The highest BCUT2D eigenvalue weighted by Crippen LogP contribution is 2.31. The number of oxime groups is 1. The van der Waals surface area contributed by atoms with Crippen LogP contribution in [-0.4, -0.2) is 5.71 Å². The lowest BCUT2D eigenvalue weighted by Crippen LogP contribution is -2.06. The second-order valence-electron chi connectivity index (χ2n) is 6.74. The van der Waals surface area contributed by atoms with Gasteiger partial charge in [0.25, 0.3) is 0 Å². The molecule has 0 aliphatic carbocycles. The zero-order valence-electron chi connectivity index (χ0n) is 16.2. The van der Waals surface area contributed by atoms with Crippen LogP contribution in [0.5, 0.6) is 0 Å². The molecule has 0 saturated carbocycles. The second kappa shape index (κ2) is 8.53. The van der Waals surface area contributed by atoms with Gasteiger partial charge in [0, 0.05) is 15.6 Å². The van der Waals surface area contributed by atoms with Gasteiger partial charge >= 0.3 is 0 Å². The third-order valence-electron chi connectivity index (χ3n) is 5.15. The normalized spacial score (nSPS) is 10.6. The Morgan fingerprint density at radius 1 is 0.741 bits per heavy atom. The minimum atomic E-state index is 0.454. The fraction of sp³-hybridized carbons (Fsp3) is 0.208. The first kappa shape index (κ1) is 19.4. The molecule has 138 valence electrons. The van der Waals surface area contributed by atoms with Crippen molar-refractivity contribution in [1.82, 2.24) is 0 Å². The Balaban J connectivity index is 1.93. The molecule has 27 heavy (non-hydrogen) atoms.